The number of nitrogens with zero attached hydrogens (tertiary/aromatic N) is 4. The Bertz CT molecular complexity index is 1690. The van der Waals surface area contributed by atoms with E-state index >= 15 is 0 Å². The summed E-state index contributed by atoms with van der Waals surface area (Å²) in [4.78, 5) is 38.8. The van der Waals surface area contributed by atoms with Gasteiger partial charge in [0.2, 0.25) is 0 Å². The zero-order valence-corrected chi connectivity index (χ0v) is 26.9. The number of fused-ring (bicyclic) bond motifs is 1. The highest BCUT2D eigenvalue weighted by Gasteiger charge is 2.34. The minimum atomic E-state index is -4.56. The number of thiophene rings is 1. The number of halogens is 3. The summed E-state index contributed by atoms with van der Waals surface area (Å²) in [6, 6.07) is 4.34. The van der Waals surface area contributed by atoms with Gasteiger partial charge in [-0.2, -0.15) is 13.2 Å². The number of allylic oxidation sites excluding steroid dienone is 3. The van der Waals surface area contributed by atoms with E-state index in [-0.39, 0.29) is 29.3 Å². The van der Waals surface area contributed by atoms with Crippen molar-refractivity contribution in [2.45, 2.75) is 51.9 Å². The van der Waals surface area contributed by atoms with Crippen molar-refractivity contribution >= 4 is 44.9 Å². The minimum absolute atomic E-state index is 0.0593. The molecule has 0 spiro atoms. The van der Waals surface area contributed by atoms with Crippen LogP contribution in [0, 0.1) is 0 Å². The summed E-state index contributed by atoms with van der Waals surface area (Å²) in [6.45, 7) is 10.6. The smallest absolute Gasteiger partial charge is 0.366 e. The van der Waals surface area contributed by atoms with Crippen molar-refractivity contribution in [3.05, 3.63) is 82.2 Å². The van der Waals surface area contributed by atoms with Crippen LogP contribution in [-0.4, -0.2) is 70.9 Å². The molecule has 244 valence electrons. The summed E-state index contributed by atoms with van der Waals surface area (Å²) in [5.41, 5.74) is 1.63. The molecule has 3 N–H and O–H groups in total. The number of carbonyl (C=O) groups excluding carboxylic acids is 2. The Morgan fingerprint density at radius 1 is 1.09 bits per heavy atom. The summed E-state index contributed by atoms with van der Waals surface area (Å²) in [7, 11) is 2.01. The number of anilines is 2. The zero-order chi connectivity index (χ0) is 33.0. The van der Waals surface area contributed by atoms with Crippen molar-refractivity contribution in [1.29, 1.82) is 0 Å². The number of alkyl halides is 3. The first-order valence-corrected chi connectivity index (χ1v) is 16.0. The molecule has 9 nitrogen and oxygen atoms in total. The predicted molar refractivity (Wildman–Crippen MR) is 176 cm³/mol. The fraction of sp³-hybridized carbons (Fsp3) is 0.394. The van der Waals surface area contributed by atoms with E-state index in [9.17, 15) is 22.8 Å². The molecule has 1 aliphatic carbocycles. The highest BCUT2D eigenvalue weighted by Crippen LogP contribution is 2.35. The van der Waals surface area contributed by atoms with E-state index in [0.717, 1.165) is 55.5 Å². The summed E-state index contributed by atoms with van der Waals surface area (Å²) >= 11 is 1.39. The van der Waals surface area contributed by atoms with E-state index in [0.29, 0.717) is 34.9 Å². The van der Waals surface area contributed by atoms with Crippen LogP contribution < -0.4 is 16.0 Å². The fourth-order valence-electron chi connectivity index (χ4n) is 5.05. The Morgan fingerprint density at radius 2 is 1.85 bits per heavy atom. The molecule has 5 rings (SSSR count). The molecule has 3 aromatic rings. The molecule has 2 aromatic heterocycles. The average Bonchev–Trinajstić information content (AvgIpc) is 3.76. The number of nitrogens with one attached hydrogen (secondary N) is 3. The molecule has 2 aliphatic rings. The fourth-order valence-corrected chi connectivity index (χ4v) is 6.00. The first-order valence-electron chi connectivity index (χ1n) is 15.2. The lowest BCUT2D eigenvalue weighted by Gasteiger charge is -2.23. The Kier molecular flexibility index (Phi) is 10.2. The molecule has 0 radical (unpaired) electrons. The highest BCUT2D eigenvalue weighted by molar-refractivity contribution is 7.18. The summed E-state index contributed by atoms with van der Waals surface area (Å²) in [6.07, 6.45) is 3.09. The van der Waals surface area contributed by atoms with Gasteiger partial charge < -0.3 is 20.9 Å². The molecule has 3 heterocycles. The number of hydrogen-bond donors (Lipinski definition) is 3. The van der Waals surface area contributed by atoms with Crippen LogP contribution in [0.4, 0.5) is 24.7 Å². The Labute approximate surface area is 270 Å². The molecule has 2 amide bonds. The average molecular weight is 654 g/mol. The third kappa shape index (κ3) is 8.39. The van der Waals surface area contributed by atoms with Crippen LogP contribution in [0.5, 0.6) is 0 Å². The number of amides is 2. The van der Waals surface area contributed by atoms with Crippen LogP contribution in [0.25, 0.3) is 10.2 Å². The maximum atomic E-state index is 14.0. The topological polar surface area (TPSA) is 102 Å². The van der Waals surface area contributed by atoms with E-state index < -0.39 is 17.6 Å². The molecular formula is C33H38F3N7O2S. The summed E-state index contributed by atoms with van der Waals surface area (Å²) in [5, 5.41) is 10.5. The zero-order valence-electron chi connectivity index (χ0n) is 26.1. The Balaban J connectivity index is 1.21. The maximum Gasteiger partial charge on any atom is 0.416 e. The molecule has 1 saturated carbocycles. The van der Waals surface area contributed by atoms with Gasteiger partial charge >= 0.3 is 6.18 Å². The number of hydrogen-bond acceptors (Lipinski definition) is 8. The first kappa shape index (κ1) is 33.3. The molecule has 0 bridgehead atoms. The van der Waals surface area contributed by atoms with Crippen molar-refractivity contribution < 1.29 is 22.8 Å². The van der Waals surface area contributed by atoms with Gasteiger partial charge in [0.1, 0.15) is 12.1 Å². The minimum Gasteiger partial charge on any atom is -0.366 e. The second-order valence-corrected chi connectivity index (χ2v) is 12.7. The van der Waals surface area contributed by atoms with Gasteiger partial charge in [-0.3, -0.25) is 14.5 Å². The van der Waals surface area contributed by atoms with Crippen LogP contribution in [0.15, 0.2) is 65.5 Å². The van der Waals surface area contributed by atoms with E-state index in [2.05, 4.69) is 37.4 Å². The van der Waals surface area contributed by atoms with Gasteiger partial charge in [0.15, 0.2) is 0 Å². The molecule has 1 saturated heterocycles. The van der Waals surface area contributed by atoms with Crippen LogP contribution in [0.1, 0.15) is 54.6 Å². The van der Waals surface area contributed by atoms with Crippen LogP contribution in [-0.2, 0) is 17.5 Å². The summed E-state index contributed by atoms with van der Waals surface area (Å²) < 4.78 is 42.9. The lowest BCUT2D eigenvalue weighted by atomic mass is 10.0. The van der Waals surface area contributed by atoms with Gasteiger partial charge in [-0.15, -0.1) is 11.3 Å². The van der Waals surface area contributed by atoms with Gasteiger partial charge in [0, 0.05) is 48.0 Å². The van der Waals surface area contributed by atoms with Gasteiger partial charge in [0.05, 0.1) is 21.3 Å². The van der Waals surface area contributed by atoms with Gasteiger partial charge in [-0.1, -0.05) is 24.8 Å². The molecule has 13 heteroatoms. The Morgan fingerprint density at radius 3 is 2.59 bits per heavy atom. The second-order valence-electron chi connectivity index (χ2n) is 11.9. The van der Waals surface area contributed by atoms with Crippen molar-refractivity contribution in [2.75, 3.05) is 43.9 Å². The van der Waals surface area contributed by atoms with Crippen molar-refractivity contribution in [3.63, 3.8) is 0 Å². The number of rotatable bonds is 10. The van der Waals surface area contributed by atoms with Crippen LogP contribution in [0.3, 0.4) is 0 Å². The van der Waals surface area contributed by atoms with Gasteiger partial charge in [-0.05, 0) is 76.5 Å². The van der Waals surface area contributed by atoms with E-state index in [1.807, 2.05) is 11.9 Å². The number of carbonyl (C=O) groups is 2. The molecule has 2 fully saturated rings. The van der Waals surface area contributed by atoms with Crippen molar-refractivity contribution in [1.82, 2.24) is 25.1 Å². The first-order chi connectivity index (χ1) is 21.9. The Hall–Kier alpha value is -4.07. The number of benzene rings is 1. The number of likely N-dealkylation sites (N-methyl/N-ethyl adjacent to an activating group) is 1. The number of aromatic nitrogens is 2. The quantitative estimate of drug-likeness (QED) is 0.177. The third-order valence-corrected chi connectivity index (χ3v) is 9.05. The second kappa shape index (κ2) is 14.1. The largest absolute Gasteiger partial charge is 0.416 e. The van der Waals surface area contributed by atoms with Gasteiger partial charge in [-0.25, -0.2) is 9.97 Å². The molecule has 1 aliphatic heterocycles. The summed E-state index contributed by atoms with van der Waals surface area (Å²) in [5.74, 6) is -0.197. The molecule has 0 unspecified atom stereocenters. The maximum absolute atomic E-state index is 14.0. The van der Waals surface area contributed by atoms with Crippen LogP contribution in [0.2, 0.25) is 0 Å². The highest BCUT2D eigenvalue weighted by atomic mass is 32.1. The molecule has 0 atom stereocenters. The lowest BCUT2D eigenvalue weighted by molar-refractivity contribution is -0.138. The SMILES string of the molecule is C=C(NC(=O)c1csc2c(NC3CC3)ncnc12)/C(C)=C\C=C(/C)C(=O)Nc1ccc(CN2CCCN(C)CC2)c(C(F)(F)F)c1. The van der Waals surface area contributed by atoms with E-state index in [1.165, 1.54) is 35.9 Å². The van der Waals surface area contributed by atoms with Crippen molar-refractivity contribution in [3.8, 4) is 0 Å². The monoisotopic (exact) mass is 653 g/mol. The normalized spacial score (nSPS) is 17.1. The van der Waals surface area contributed by atoms with Crippen LogP contribution >= 0.6 is 11.3 Å². The van der Waals surface area contributed by atoms with E-state index in [1.54, 1.807) is 25.3 Å². The molecule has 46 heavy (non-hydrogen) atoms. The predicted octanol–water partition coefficient (Wildman–Crippen LogP) is 6.20. The molecular weight excluding hydrogens is 615 g/mol. The van der Waals surface area contributed by atoms with E-state index in [4.69, 9.17) is 0 Å². The van der Waals surface area contributed by atoms with Crippen molar-refractivity contribution in [2.24, 2.45) is 0 Å². The van der Waals surface area contributed by atoms with Gasteiger partial charge in [0.25, 0.3) is 11.8 Å². The third-order valence-electron chi connectivity index (χ3n) is 8.08. The molecule has 1 aromatic carbocycles. The lowest BCUT2D eigenvalue weighted by Crippen LogP contribution is -2.29. The standard InChI is InChI=1S/C33H38F3N7O2S/c1-20(22(3)39-32(45)26-18-46-29-28(26)37-19-38-30(29)40-24-10-11-24)6-7-21(2)31(44)41-25-9-8-23(27(16-25)33(34,35)36)17-43-13-5-12-42(4)14-15-43/h6-9,16,18-19,24H,3,5,10-15,17H2,1-2,4H3,(H,39,45)(H,41,44)(H,37,38,40)/b20-6-,21-7+.